The Labute approximate surface area is 164 Å². The summed E-state index contributed by atoms with van der Waals surface area (Å²) in [6, 6.07) is 20.7. The summed E-state index contributed by atoms with van der Waals surface area (Å²) in [5.74, 6) is 1.24. The number of rotatable bonds is 5. The first-order valence-electron chi connectivity index (χ1n) is 9.63. The number of carbonyl (C=O) groups excluding carboxylic acids is 1. The quantitative estimate of drug-likeness (QED) is 0.637. The highest BCUT2D eigenvalue weighted by atomic mass is 32.1. The topological polar surface area (TPSA) is 42.0 Å². The van der Waals surface area contributed by atoms with Crippen LogP contribution in [0.3, 0.4) is 0 Å². The molecular formula is C23H24N2OS. The van der Waals surface area contributed by atoms with Gasteiger partial charge in [-0.2, -0.15) is 0 Å². The lowest BCUT2D eigenvalue weighted by Crippen LogP contribution is -2.31. The molecule has 1 saturated carbocycles. The van der Waals surface area contributed by atoms with E-state index in [9.17, 15) is 4.79 Å². The van der Waals surface area contributed by atoms with Crippen LogP contribution in [0.25, 0.3) is 11.3 Å². The molecule has 1 aromatic heterocycles. The number of carbonyl (C=O) groups is 1. The van der Waals surface area contributed by atoms with Crippen LogP contribution in [0.1, 0.15) is 46.8 Å². The third kappa shape index (κ3) is 4.28. The minimum atomic E-state index is 0.00142. The van der Waals surface area contributed by atoms with Gasteiger partial charge in [0.25, 0.3) is 5.91 Å². The van der Waals surface area contributed by atoms with E-state index in [-0.39, 0.29) is 5.91 Å². The lowest BCUT2D eigenvalue weighted by Gasteiger charge is -2.28. The van der Waals surface area contributed by atoms with Gasteiger partial charge in [-0.05, 0) is 43.1 Å². The van der Waals surface area contributed by atoms with Crippen molar-refractivity contribution in [3.8, 4) is 11.3 Å². The average Bonchev–Trinajstić information content (AvgIpc) is 3.24. The normalized spacial score (nSPS) is 19.6. The fourth-order valence-corrected chi connectivity index (χ4v) is 4.68. The summed E-state index contributed by atoms with van der Waals surface area (Å²) in [5, 5.41) is 3.15. The predicted molar refractivity (Wildman–Crippen MR) is 111 cm³/mol. The standard InChI is InChI=1S/C23H24N2OS/c26-23(22-21(25-16-27-22)20-9-5-2-6-10-20)24-15-17-11-13-19(14-12-17)18-7-3-1-4-8-18/h1-10,16-17,19H,11-15H2,(H,24,26). The monoisotopic (exact) mass is 376 g/mol. The number of nitrogens with one attached hydrogen (secondary N) is 1. The zero-order chi connectivity index (χ0) is 18.5. The molecule has 1 aliphatic rings. The first-order valence-corrected chi connectivity index (χ1v) is 10.5. The highest BCUT2D eigenvalue weighted by Gasteiger charge is 2.23. The summed E-state index contributed by atoms with van der Waals surface area (Å²) in [6.45, 7) is 0.756. The van der Waals surface area contributed by atoms with E-state index in [1.54, 1.807) is 5.51 Å². The van der Waals surface area contributed by atoms with Crippen LogP contribution in [0.5, 0.6) is 0 Å². The van der Waals surface area contributed by atoms with Gasteiger partial charge in [0.2, 0.25) is 0 Å². The molecule has 4 heteroatoms. The van der Waals surface area contributed by atoms with Crippen LogP contribution in [0.2, 0.25) is 0 Å². The molecule has 1 heterocycles. The smallest absolute Gasteiger partial charge is 0.263 e. The Balaban J connectivity index is 1.32. The second-order valence-electron chi connectivity index (χ2n) is 7.23. The molecule has 0 radical (unpaired) electrons. The van der Waals surface area contributed by atoms with Crippen molar-refractivity contribution in [1.82, 2.24) is 10.3 Å². The SMILES string of the molecule is O=C(NCC1CCC(c2ccccc2)CC1)c1scnc1-c1ccccc1. The van der Waals surface area contributed by atoms with Crippen LogP contribution >= 0.6 is 11.3 Å². The van der Waals surface area contributed by atoms with Crippen molar-refractivity contribution >= 4 is 17.2 Å². The Morgan fingerprint density at radius 2 is 1.63 bits per heavy atom. The summed E-state index contributed by atoms with van der Waals surface area (Å²) in [5.41, 5.74) is 4.98. The Kier molecular flexibility index (Phi) is 5.64. The van der Waals surface area contributed by atoms with Crippen LogP contribution in [0.4, 0.5) is 0 Å². The van der Waals surface area contributed by atoms with E-state index in [2.05, 4.69) is 40.6 Å². The van der Waals surface area contributed by atoms with Gasteiger partial charge in [0.15, 0.2) is 0 Å². The first-order chi connectivity index (χ1) is 13.3. The summed E-state index contributed by atoms with van der Waals surface area (Å²) < 4.78 is 0. The van der Waals surface area contributed by atoms with Crippen LogP contribution in [0.15, 0.2) is 66.2 Å². The molecular weight excluding hydrogens is 352 g/mol. The van der Waals surface area contributed by atoms with E-state index in [1.165, 1.54) is 42.6 Å². The number of nitrogens with zero attached hydrogens (tertiary/aromatic N) is 1. The Morgan fingerprint density at radius 1 is 0.963 bits per heavy atom. The van der Waals surface area contributed by atoms with Crippen LogP contribution < -0.4 is 5.32 Å². The number of aromatic nitrogens is 1. The van der Waals surface area contributed by atoms with E-state index < -0.39 is 0 Å². The largest absolute Gasteiger partial charge is 0.351 e. The lowest BCUT2D eigenvalue weighted by atomic mass is 9.79. The molecule has 3 aromatic rings. The van der Waals surface area contributed by atoms with E-state index in [0.29, 0.717) is 16.7 Å². The zero-order valence-corrected chi connectivity index (χ0v) is 16.1. The molecule has 0 spiro atoms. The van der Waals surface area contributed by atoms with Gasteiger partial charge in [0, 0.05) is 12.1 Å². The molecule has 2 aromatic carbocycles. The van der Waals surface area contributed by atoms with E-state index >= 15 is 0 Å². The minimum Gasteiger partial charge on any atom is -0.351 e. The van der Waals surface area contributed by atoms with E-state index in [4.69, 9.17) is 0 Å². The molecule has 0 aliphatic heterocycles. The number of benzene rings is 2. The predicted octanol–water partition coefficient (Wildman–Crippen LogP) is 5.51. The van der Waals surface area contributed by atoms with Gasteiger partial charge in [0.05, 0.1) is 11.2 Å². The van der Waals surface area contributed by atoms with Crippen molar-refractivity contribution in [1.29, 1.82) is 0 Å². The summed E-state index contributed by atoms with van der Waals surface area (Å²) in [7, 11) is 0. The van der Waals surface area contributed by atoms with Gasteiger partial charge < -0.3 is 5.32 Å². The Hall–Kier alpha value is -2.46. The fourth-order valence-electron chi connectivity index (χ4n) is 3.95. The molecule has 3 nitrogen and oxygen atoms in total. The number of amides is 1. The summed E-state index contributed by atoms with van der Waals surface area (Å²) in [4.78, 5) is 17.8. The molecule has 1 amide bonds. The van der Waals surface area contributed by atoms with Gasteiger partial charge in [-0.1, -0.05) is 60.7 Å². The molecule has 138 valence electrons. The number of hydrogen-bond acceptors (Lipinski definition) is 3. The van der Waals surface area contributed by atoms with Crippen molar-refractivity contribution in [3.05, 3.63) is 76.6 Å². The average molecular weight is 377 g/mol. The fraction of sp³-hybridized carbons (Fsp3) is 0.304. The first kappa shape index (κ1) is 17.9. The maximum atomic E-state index is 12.7. The molecule has 1 N–H and O–H groups in total. The van der Waals surface area contributed by atoms with E-state index in [1.807, 2.05) is 30.3 Å². The van der Waals surface area contributed by atoms with Gasteiger partial charge in [0.1, 0.15) is 4.88 Å². The van der Waals surface area contributed by atoms with Gasteiger partial charge >= 0.3 is 0 Å². The van der Waals surface area contributed by atoms with Crippen molar-refractivity contribution in [2.75, 3.05) is 6.54 Å². The highest BCUT2D eigenvalue weighted by Crippen LogP contribution is 2.35. The van der Waals surface area contributed by atoms with Crippen molar-refractivity contribution in [2.45, 2.75) is 31.6 Å². The Morgan fingerprint density at radius 3 is 2.33 bits per heavy atom. The van der Waals surface area contributed by atoms with Crippen molar-refractivity contribution in [3.63, 3.8) is 0 Å². The van der Waals surface area contributed by atoms with Crippen LogP contribution in [0, 0.1) is 5.92 Å². The van der Waals surface area contributed by atoms with Crippen molar-refractivity contribution < 1.29 is 4.79 Å². The molecule has 1 fully saturated rings. The summed E-state index contributed by atoms with van der Waals surface area (Å²) >= 11 is 1.41. The van der Waals surface area contributed by atoms with Gasteiger partial charge in [-0.3, -0.25) is 4.79 Å². The Bertz CT molecular complexity index is 868. The highest BCUT2D eigenvalue weighted by molar-refractivity contribution is 7.12. The minimum absolute atomic E-state index is 0.00142. The molecule has 0 bridgehead atoms. The maximum Gasteiger partial charge on any atom is 0.263 e. The van der Waals surface area contributed by atoms with Crippen molar-refractivity contribution in [2.24, 2.45) is 5.92 Å². The second-order valence-corrected chi connectivity index (χ2v) is 8.09. The maximum absolute atomic E-state index is 12.7. The molecule has 4 rings (SSSR count). The molecule has 0 saturated heterocycles. The molecule has 0 unspecified atom stereocenters. The van der Waals surface area contributed by atoms with Crippen LogP contribution in [-0.2, 0) is 0 Å². The van der Waals surface area contributed by atoms with E-state index in [0.717, 1.165) is 17.8 Å². The molecule has 27 heavy (non-hydrogen) atoms. The third-order valence-electron chi connectivity index (χ3n) is 5.49. The molecule has 1 aliphatic carbocycles. The number of thiazole rings is 1. The van der Waals surface area contributed by atoms with Gasteiger partial charge in [-0.15, -0.1) is 11.3 Å². The zero-order valence-electron chi connectivity index (χ0n) is 15.3. The second kappa shape index (κ2) is 8.49. The van der Waals surface area contributed by atoms with Crippen LogP contribution in [-0.4, -0.2) is 17.4 Å². The third-order valence-corrected chi connectivity index (χ3v) is 6.32. The van der Waals surface area contributed by atoms with Gasteiger partial charge in [-0.25, -0.2) is 4.98 Å². The lowest BCUT2D eigenvalue weighted by molar-refractivity contribution is 0.0947. The number of hydrogen-bond donors (Lipinski definition) is 1. The molecule has 0 atom stereocenters. The summed E-state index contributed by atoms with van der Waals surface area (Å²) in [6.07, 6.45) is 4.77.